The van der Waals surface area contributed by atoms with Crippen molar-refractivity contribution in [1.82, 2.24) is 19.7 Å². The number of hydrogen-bond donors (Lipinski definition) is 0. The van der Waals surface area contributed by atoms with Crippen molar-refractivity contribution in [3.8, 4) is 5.75 Å². The SMILES string of the molecule is Cn1cc(CN2C[C@@H](Oc3cccnc3)[C@H]3OCCC[C@H]32)cn1. The summed E-state index contributed by atoms with van der Waals surface area (Å²) in [5.41, 5.74) is 1.24. The zero-order valence-corrected chi connectivity index (χ0v) is 13.3. The van der Waals surface area contributed by atoms with Gasteiger partial charge >= 0.3 is 0 Å². The molecule has 0 bridgehead atoms. The zero-order chi connectivity index (χ0) is 15.6. The molecule has 3 atom stereocenters. The Morgan fingerprint density at radius 2 is 2.35 bits per heavy atom. The van der Waals surface area contributed by atoms with Crippen molar-refractivity contribution in [3.05, 3.63) is 42.5 Å². The third kappa shape index (κ3) is 3.09. The molecular weight excluding hydrogens is 292 g/mol. The highest BCUT2D eigenvalue weighted by atomic mass is 16.5. The van der Waals surface area contributed by atoms with Crippen molar-refractivity contribution in [1.29, 1.82) is 0 Å². The summed E-state index contributed by atoms with van der Waals surface area (Å²) in [6, 6.07) is 4.27. The Balaban J connectivity index is 1.49. The predicted octanol–water partition coefficient (Wildman–Crippen LogP) is 1.63. The van der Waals surface area contributed by atoms with Crippen LogP contribution in [0.5, 0.6) is 5.75 Å². The second kappa shape index (κ2) is 6.29. The molecule has 0 spiro atoms. The largest absolute Gasteiger partial charge is 0.485 e. The number of nitrogens with zero attached hydrogens (tertiary/aromatic N) is 4. The Kier molecular flexibility index (Phi) is 4.01. The van der Waals surface area contributed by atoms with Gasteiger partial charge in [-0.15, -0.1) is 0 Å². The number of rotatable bonds is 4. The van der Waals surface area contributed by atoms with Crippen molar-refractivity contribution in [3.63, 3.8) is 0 Å². The molecule has 0 aromatic carbocycles. The first-order valence-electron chi connectivity index (χ1n) is 8.19. The van der Waals surface area contributed by atoms with Gasteiger partial charge < -0.3 is 9.47 Å². The van der Waals surface area contributed by atoms with Gasteiger partial charge in [0.2, 0.25) is 0 Å². The van der Waals surface area contributed by atoms with E-state index in [2.05, 4.69) is 21.2 Å². The van der Waals surface area contributed by atoms with Crippen LogP contribution in [0.4, 0.5) is 0 Å². The Bertz CT molecular complexity index is 645. The molecule has 2 aromatic heterocycles. The molecule has 0 N–H and O–H groups in total. The van der Waals surface area contributed by atoms with E-state index in [9.17, 15) is 0 Å². The second-order valence-corrected chi connectivity index (χ2v) is 6.34. The van der Waals surface area contributed by atoms with Crippen molar-refractivity contribution < 1.29 is 9.47 Å². The van der Waals surface area contributed by atoms with Crippen LogP contribution >= 0.6 is 0 Å². The lowest BCUT2D eigenvalue weighted by molar-refractivity contribution is -0.0472. The minimum absolute atomic E-state index is 0.0566. The number of fused-ring (bicyclic) bond motifs is 1. The molecule has 0 radical (unpaired) electrons. The summed E-state index contributed by atoms with van der Waals surface area (Å²) in [4.78, 5) is 6.60. The minimum Gasteiger partial charge on any atom is -0.485 e. The minimum atomic E-state index is 0.0566. The van der Waals surface area contributed by atoms with Crippen LogP contribution in [-0.2, 0) is 18.3 Å². The molecule has 0 unspecified atom stereocenters. The van der Waals surface area contributed by atoms with Crippen molar-refractivity contribution in [2.75, 3.05) is 13.2 Å². The molecule has 2 fully saturated rings. The Morgan fingerprint density at radius 3 is 3.13 bits per heavy atom. The van der Waals surface area contributed by atoms with Crippen LogP contribution in [0, 0.1) is 0 Å². The van der Waals surface area contributed by atoms with Crippen LogP contribution in [0.25, 0.3) is 0 Å². The van der Waals surface area contributed by atoms with Crippen LogP contribution in [-0.4, -0.2) is 51.1 Å². The van der Waals surface area contributed by atoms with Gasteiger partial charge in [-0.05, 0) is 25.0 Å². The summed E-state index contributed by atoms with van der Waals surface area (Å²) in [5.74, 6) is 0.814. The molecule has 2 aliphatic rings. The van der Waals surface area contributed by atoms with Gasteiger partial charge in [0.15, 0.2) is 0 Å². The maximum Gasteiger partial charge on any atom is 0.139 e. The lowest BCUT2D eigenvalue weighted by atomic mass is 10.0. The van der Waals surface area contributed by atoms with E-state index in [0.29, 0.717) is 6.04 Å². The predicted molar refractivity (Wildman–Crippen MR) is 85.0 cm³/mol. The smallest absolute Gasteiger partial charge is 0.139 e. The van der Waals surface area contributed by atoms with Crippen LogP contribution in [0.15, 0.2) is 36.9 Å². The molecule has 4 heterocycles. The van der Waals surface area contributed by atoms with Crippen LogP contribution in [0.3, 0.4) is 0 Å². The van der Waals surface area contributed by atoms with Crippen molar-refractivity contribution in [2.24, 2.45) is 7.05 Å². The number of pyridine rings is 1. The van der Waals surface area contributed by atoms with Crippen molar-refractivity contribution in [2.45, 2.75) is 37.6 Å². The summed E-state index contributed by atoms with van der Waals surface area (Å²) in [7, 11) is 1.95. The first-order valence-corrected chi connectivity index (χ1v) is 8.19. The van der Waals surface area contributed by atoms with Gasteiger partial charge in [0.1, 0.15) is 18.0 Å². The van der Waals surface area contributed by atoms with Gasteiger partial charge in [-0.25, -0.2) is 0 Å². The van der Waals surface area contributed by atoms with Crippen LogP contribution in [0.1, 0.15) is 18.4 Å². The normalized spacial score (nSPS) is 27.8. The second-order valence-electron chi connectivity index (χ2n) is 6.34. The lowest BCUT2D eigenvalue weighted by Gasteiger charge is -2.32. The maximum absolute atomic E-state index is 6.17. The summed E-state index contributed by atoms with van der Waals surface area (Å²) in [6.07, 6.45) is 10.0. The number of ether oxygens (including phenoxy) is 2. The molecule has 2 saturated heterocycles. The average Bonchev–Trinajstić information content (AvgIpc) is 3.14. The van der Waals surface area contributed by atoms with E-state index in [0.717, 1.165) is 38.3 Å². The van der Waals surface area contributed by atoms with E-state index in [1.165, 1.54) is 5.56 Å². The number of aromatic nitrogens is 3. The van der Waals surface area contributed by atoms with Gasteiger partial charge in [-0.1, -0.05) is 0 Å². The topological polar surface area (TPSA) is 52.4 Å². The molecule has 6 heteroatoms. The summed E-state index contributed by atoms with van der Waals surface area (Å²) >= 11 is 0. The Labute approximate surface area is 136 Å². The molecular formula is C17H22N4O2. The number of hydrogen-bond acceptors (Lipinski definition) is 5. The highest BCUT2D eigenvalue weighted by Crippen LogP contribution is 2.32. The molecule has 6 nitrogen and oxygen atoms in total. The number of aryl methyl sites for hydroxylation is 1. The Hall–Kier alpha value is -1.92. The summed E-state index contributed by atoms with van der Waals surface area (Å²) in [6.45, 7) is 2.60. The van der Waals surface area contributed by atoms with E-state index >= 15 is 0 Å². The summed E-state index contributed by atoms with van der Waals surface area (Å²) in [5, 5.41) is 4.27. The maximum atomic E-state index is 6.17. The molecule has 23 heavy (non-hydrogen) atoms. The van der Waals surface area contributed by atoms with Gasteiger partial charge in [-0.3, -0.25) is 14.6 Å². The Morgan fingerprint density at radius 1 is 1.39 bits per heavy atom. The summed E-state index contributed by atoms with van der Waals surface area (Å²) < 4.78 is 14.1. The van der Waals surface area contributed by atoms with Gasteiger partial charge in [0.25, 0.3) is 0 Å². The molecule has 4 rings (SSSR count). The quantitative estimate of drug-likeness (QED) is 0.858. The molecule has 2 aromatic rings. The fraction of sp³-hybridized carbons (Fsp3) is 0.529. The first-order chi connectivity index (χ1) is 11.3. The van der Waals surface area contributed by atoms with E-state index in [-0.39, 0.29) is 12.2 Å². The molecule has 0 saturated carbocycles. The zero-order valence-electron chi connectivity index (χ0n) is 13.3. The van der Waals surface area contributed by atoms with Crippen LogP contribution in [0.2, 0.25) is 0 Å². The monoisotopic (exact) mass is 314 g/mol. The molecule has 0 amide bonds. The van der Waals surface area contributed by atoms with E-state index < -0.39 is 0 Å². The first kappa shape index (κ1) is 14.7. The van der Waals surface area contributed by atoms with Gasteiger partial charge in [0, 0.05) is 50.7 Å². The van der Waals surface area contributed by atoms with Gasteiger partial charge in [-0.2, -0.15) is 5.10 Å². The number of likely N-dealkylation sites (tertiary alicyclic amines) is 1. The van der Waals surface area contributed by atoms with E-state index in [4.69, 9.17) is 9.47 Å². The average molecular weight is 314 g/mol. The lowest BCUT2D eigenvalue weighted by Crippen LogP contribution is -2.42. The fourth-order valence-electron chi connectivity index (χ4n) is 3.67. The van der Waals surface area contributed by atoms with E-state index in [1.54, 1.807) is 12.4 Å². The van der Waals surface area contributed by atoms with E-state index in [1.807, 2.05) is 30.1 Å². The molecule has 0 aliphatic carbocycles. The third-order valence-corrected chi connectivity index (χ3v) is 4.65. The standard InChI is InChI=1S/C17H22N4O2/c1-20-10-13(8-19-20)11-21-12-16(17-15(21)5-3-7-22-17)23-14-4-2-6-18-9-14/h2,4,6,8-10,15-17H,3,5,7,11-12H2,1H3/t15-,16-,17+/m1/s1. The molecule has 122 valence electrons. The molecule has 2 aliphatic heterocycles. The van der Waals surface area contributed by atoms with Crippen LogP contribution < -0.4 is 4.74 Å². The van der Waals surface area contributed by atoms with Gasteiger partial charge in [0.05, 0.1) is 12.4 Å². The van der Waals surface area contributed by atoms with Crippen molar-refractivity contribution >= 4 is 0 Å². The fourth-order valence-corrected chi connectivity index (χ4v) is 3.67. The highest BCUT2D eigenvalue weighted by molar-refractivity contribution is 5.17. The third-order valence-electron chi connectivity index (χ3n) is 4.65. The highest BCUT2D eigenvalue weighted by Gasteiger charge is 2.45.